The second kappa shape index (κ2) is 27.4. The second-order valence-electron chi connectivity index (χ2n) is 5.64. The largest absolute Gasteiger partial charge is 4.00 e. The maximum atomic E-state index is 8.63. The van der Waals surface area contributed by atoms with Gasteiger partial charge in [-0.25, -0.2) is 0 Å². The Morgan fingerprint density at radius 3 is 0.667 bits per heavy atom. The molecule has 0 unspecified atom stereocenters. The Labute approximate surface area is 228 Å². The molecular formula is C30H26OTi2. The maximum Gasteiger partial charge on any atom is 4.00 e. The third-order valence-electron chi connectivity index (χ3n) is 3.18. The second-order valence-corrected chi connectivity index (χ2v) is 5.64. The number of hydrogen-bond donors (Lipinski definition) is 1. The molecular weight excluding hydrogens is 472 g/mol. The van der Waals surface area contributed by atoms with Gasteiger partial charge in [0.15, 0.2) is 0 Å². The van der Waals surface area contributed by atoms with Gasteiger partial charge in [0.05, 0.1) is 0 Å². The van der Waals surface area contributed by atoms with E-state index in [-0.39, 0.29) is 43.4 Å². The summed E-state index contributed by atoms with van der Waals surface area (Å²) in [5, 5.41) is 8.63. The van der Waals surface area contributed by atoms with Gasteiger partial charge < -0.3 is 5.11 Å². The SMILES string of the molecule is Oc1ccccc1.[Ti+4].[Ti].[c-]1ccccc1.[c-]1ccccc1.[c-]1ccccc1.[c-]1ccccc1. The van der Waals surface area contributed by atoms with Gasteiger partial charge in [0.2, 0.25) is 0 Å². The van der Waals surface area contributed by atoms with Crippen molar-refractivity contribution in [1.82, 2.24) is 0 Å². The first kappa shape index (κ1) is 32.5. The van der Waals surface area contributed by atoms with Crippen LogP contribution in [0.25, 0.3) is 0 Å². The molecule has 0 bridgehead atoms. The quantitative estimate of drug-likeness (QED) is 0.175. The third-order valence-corrected chi connectivity index (χ3v) is 3.18. The number of hydrogen-bond acceptors (Lipinski definition) is 1. The van der Waals surface area contributed by atoms with Crippen LogP contribution in [-0.2, 0) is 43.4 Å². The number of para-hydroxylation sites is 1. The molecule has 0 atom stereocenters. The Hall–Kier alpha value is -2.67. The van der Waals surface area contributed by atoms with E-state index in [0.29, 0.717) is 5.75 Å². The van der Waals surface area contributed by atoms with E-state index in [4.69, 9.17) is 5.11 Å². The van der Waals surface area contributed by atoms with Crippen molar-refractivity contribution in [2.75, 3.05) is 0 Å². The smallest absolute Gasteiger partial charge is 0.508 e. The van der Waals surface area contributed by atoms with Crippen LogP contribution >= 0.6 is 0 Å². The zero-order valence-corrected chi connectivity index (χ0v) is 21.5. The summed E-state index contributed by atoms with van der Waals surface area (Å²) in [6, 6.07) is 58.7. The molecule has 0 radical (unpaired) electrons. The predicted molar refractivity (Wildman–Crippen MR) is 129 cm³/mol. The van der Waals surface area contributed by atoms with Crippen LogP contribution in [0.15, 0.2) is 152 Å². The van der Waals surface area contributed by atoms with Crippen molar-refractivity contribution in [1.29, 1.82) is 0 Å². The fraction of sp³-hybridized carbons (Fsp3) is 0. The summed E-state index contributed by atoms with van der Waals surface area (Å²) >= 11 is 0. The van der Waals surface area contributed by atoms with E-state index in [2.05, 4.69) is 24.3 Å². The summed E-state index contributed by atoms with van der Waals surface area (Å²) in [5.41, 5.74) is 0. The number of rotatable bonds is 0. The third kappa shape index (κ3) is 25.5. The average molecular weight is 498 g/mol. The minimum absolute atomic E-state index is 0. The normalized spacial score (nSPS) is 7.64. The first-order chi connectivity index (χ1) is 15.4. The summed E-state index contributed by atoms with van der Waals surface area (Å²) in [7, 11) is 0. The molecule has 0 aliphatic carbocycles. The molecule has 0 aromatic heterocycles. The van der Waals surface area contributed by atoms with Crippen molar-refractivity contribution in [2.24, 2.45) is 0 Å². The topological polar surface area (TPSA) is 20.2 Å². The molecule has 0 fully saturated rings. The van der Waals surface area contributed by atoms with Crippen LogP contribution in [0.5, 0.6) is 5.75 Å². The summed E-state index contributed by atoms with van der Waals surface area (Å²) in [6.07, 6.45) is 0. The van der Waals surface area contributed by atoms with Gasteiger partial charge >= 0.3 is 21.7 Å². The Bertz CT molecular complexity index is 688. The Morgan fingerprint density at radius 1 is 0.364 bits per heavy atom. The first-order valence-corrected chi connectivity index (χ1v) is 9.78. The molecule has 0 aliphatic rings. The standard InChI is InChI=1S/C6H6O.4C6H5.2Ti/c7-6-4-2-1-3-5-6;4*1-2-4-6-5-3-1;;/h1-5,7H;4*1-5H;;/q;4*-1;;+4. The van der Waals surface area contributed by atoms with Gasteiger partial charge in [-0.1, -0.05) is 18.2 Å². The molecule has 5 aromatic rings. The van der Waals surface area contributed by atoms with Crippen LogP contribution in [0.4, 0.5) is 0 Å². The summed E-state index contributed by atoms with van der Waals surface area (Å²) < 4.78 is 0. The van der Waals surface area contributed by atoms with Gasteiger partial charge in [-0.2, -0.15) is 146 Å². The van der Waals surface area contributed by atoms with Crippen molar-refractivity contribution in [3.05, 3.63) is 176 Å². The minimum atomic E-state index is 0. The van der Waals surface area contributed by atoms with E-state index in [9.17, 15) is 0 Å². The molecule has 160 valence electrons. The molecule has 0 heterocycles. The zero-order valence-electron chi connectivity index (χ0n) is 18.4. The van der Waals surface area contributed by atoms with E-state index in [1.807, 2.05) is 127 Å². The molecule has 5 rings (SSSR count). The van der Waals surface area contributed by atoms with E-state index in [0.717, 1.165) is 0 Å². The van der Waals surface area contributed by atoms with Gasteiger partial charge in [-0.3, -0.25) is 0 Å². The van der Waals surface area contributed by atoms with Crippen LogP contribution in [0.2, 0.25) is 0 Å². The average Bonchev–Trinajstić information content (AvgIpc) is 2.90. The monoisotopic (exact) mass is 498 g/mol. The molecule has 1 nitrogen and oxygen atoms in total. The van der Waals surface area contributed by atoms with Crippen LogP contribution in [0, 0.1) is 24.3 Å². The van der Waals surface area contributed by atoms with Crippen molar-refractivity contribution in [2.45, 2.75) is 0 Å². The number of aromatic hydroxyl groups is 1. The van der Waals surface area contributed by atoms with E-state index in [1.54, 1.807) is 24.3 Å². The van der Waals surface area contributed by atoms with Gasteiger partial charge in [0, 0.05) is 21.7 Å². The molecule has 0 saturated heterocycles. The molecule has 33 heavy (non-hydrogen) atoms. The van der Waals surface area contributed by atoms with Crippen molar-refractivity contribution < 1.29 is 48.5 Å². The minimum Gasteiger partial charge on any atom is -0.508 e. The fourth-order valence-corrected chi connectivity index (χ4v) is 1.80. The summed E-state index contributed by atoms with van der Waals surface area (Å²) in [4.78, 5) is 0. The number of benzene rings is 5. The molecule has 5 aromatic carbocycles. The number of phenols is 1. The number of phenolic OH excluding ortho intramolecular Hbond substituents is 1. The van der Waals surface area contributed by atoms with Crippen LogP contribution in [-0.4, -0.2) is 5.11 Å². The summed E-state index contributed by atoms with van der Waals surface area (Å²) in [6.45, 7) is 0. The van der Waals surface area contributed by atoms with E-state index in [1.165, 1.54) is 0 Å². The zero-order chi connectivity index (χ0) is 22.1. The van der Waals surface area contributed by atoms with Gasteiger partial charge in [0.25, 0.3) is 0 Å². The van der Waals surface area contributed by atoms with Crippen molar-refractivity contribution in [3.63, 3.8) is 0 Å². The van der Waals surface area contributed by atoms with Gasteiger partial charge in [-0.05, 0) is 12.1 Å². The maximum absolute atomic E-state index is 8.63. The first-order valence-electron chi connectivity index (χ1n) is 9.78. The molecule has 0 amide bonds. The Kier molecular flexibility index (Phi) is 27.0. The van der Waals surface area contributed by atoms with Crippen LogP contribution in [0.3, 0.4) is 0 Å². The van der Waals surface area contributed by atoms with E-state index < -0.39 is 0 Å². The van der Waals surface area contributed by atoms with Crippen molar-refractivity contribution >= 4 is 0 Å². The summed E-state index contributed by atoms with van der Waals surface area (Å²) in [5.74, 6) is 0.322. The predicted octanol–water partition coefficient (Wildman–Crippen LogP) is 7.33. The van der Waals surface area contributed by atoms with Crippen LogP contribution < -0.4 is 0 Å². The molecule has 1 N–H and O–H groups in total. The van der Waals surface area contributed by atoms with Crippen LogP contribution in [0.1, 0.15) is 0 Å². The molecule has 0 spiro atoms. The van der Waals surface area contributed by atoms with Crippen molar-refractivity contribution in [3.8, 4) is 5.75 Å². The molecule has 3 heteroatoms. The van der Waals surface area contributed by atoms with Gasteiger partial charge in [0.1, 0.15) is 5.75 Å². The Balaban J connectivity index is 0. The molecule has 0 saturated carbocycles. The fourth-order valence-electron chi connectivity index (χ4n) is 1.80. The van der Waals surface area contributed by atoms with Gasteiger partial charge in [-0.15, -0.1) is 0 Å². The van der Waals surface area contributed by atoms with E-state index >= 15 is 0 Å². The Morgan fingerprint density at radius 2 is 0.576 bits per heavy atom. The molecule has 0 aliphatic heterocycles.